The average molecular weight is 635 g/mol. The molecule has 2 nitrogen and oxygen atoms in total. The minimum Gasteiger partial charge on any atom is -0.354 e. The number of aromatic nitrogens is 2. The molecule has 8 aromatic rings. The van der Waals surface area contributed by atoms with Crippen molar-refractivity contribution in [1.82, 2.24) is 9.97 Å². The molecule has 0 aliphatic carbocycles. The van der Waals surface area contributed by atoms with E-state index >= 15 is 26.3 Å². The van der Waals surface area contributed by atoms with Crippen LogP contribution in [-0.4, -0.2) is 22.3 Å². The van der Waals surface area contributed by atoms with Crippen LogP contribution in [0.25, 0.3) is 65.9 Å². The Morgan fingerprint density at radius 3 is 1.11 bits per heavy atom. The van der Waals surface area contributed by atoms with Gasteiger partial charge in [-0.1, -0.05) is 121 Å². The van der Waals surface area contributed by atoms with Crippen LogP contribution in [0.1, 0.15) is 11.1 Å². The molecule has 0 aliphatic heterocycles. The minimum absolute atomic E-state index is 0.492. The highest BCUT2D eigenvalue weighted by Crippen LogP contribution is 2.56. The van der Waals surface area contributed by atoms with Crippen molar-refractivity contribution in [3.8, 4) is 22.3 Å². The minimum atomic E-state index is -5.69. The molecule has 47 heavy (non-hydrogen) atoms. The van der Waals surface area contributed by atoms with Crippen LogP contribution >= 0.6 is 0 Å². The third-order valence-electron chi connectivity index (χ3n) is 9.19. The lowest BCUT2D eigenvalue weighted by Gasteiger charge is -2.38. The Bertz CT molecular complexity index is 2260. The van der Waals surface area contributed by atoms with Crippen molar-refractivity contribution in [2.75, 3.05) is 0 Å². The van der Waals surface area contributed by atoms with Crippen LogP contribution in [0, 0.1) is 0 Å². The Kier molecular flexibility index (Phi) is 6.31. The van der Waals surface area contributed by atoms with E-state index in [0.29, 0.717) is 22.3 Å². The monoisotopic (exact) mass is 634 g/mol. The molecule has 8 heteroatoms. The number of H-pyrrole nitrogens is 2. The first-order valence-corrected chi connectivity index (χ1v) is 14.9. The van der Waals surface area contributed by atoms with Gasteiger partial charge in [0.2, 0.25) is 5.41 Å². The maximum Gasteiger partial charge on any atom is 0.411 e. The fourth-order valence-corrected chi connectivity index (χ4v) is 7.01. The zero-order valence-corrected chi connectivity index (χ0v) is 24.5. The SMILES string of the molecule is FC(F)(F)C(c1ccc(-c2cccc3c2[nH]c2ccccc23)cc1)(c1ccc(-c2cccc3c2[nH]c2ccccc23)cc1)C(F)(F)F. The van der Waals surface area contributed by atoms with E-state index in [9.17, 15) is 0 Å². The Morgan fingerprint density at radius 2 is 0.723 bits per heavy atom. The molecular formula is C39H24F6N2. The normalized spacial score (nSPS) is 12.9. The summed E-state index contributed by atoms with van der Waals surface area (Å²) in [6.45, 7) is 0. The van der Waals surface area contributed by atoms with Crippen molar-refractivity contribution in [2.24, 2.45) is 0 Å². The van der Waals surface area contributed by atoms with Crippen LogP contribution in [0.15, 0.2) is 133 Å². The number of rotatable bonds is 4. The molecule has 0 aliphatic rings. The van der Waals surface area contributed by atoms with Gasteiger partial charge in [-0.2, -0.15) is 26.3 Å². The van der Waals surface area contributed by atoms with Crippen molar-refractivity contribution in [2.45, 2.75) is 17.8 Å². The number of hydrogen-bond donors (Lipinski definition) is 2. The summed E-state index contributed by atoms with van der Waals surface area (Å²) in [7, 11) is 0. The zero-order valence-electron chi connectivity index (χ0n) is 24.5. The Hall–Kier alpha value is -5.50. The fraction of sp³-hybridized carbons (Fsp3) is 0.0769. The molecule has 2 N–H and O–H groups in total. The van der Waals surface area contributed by atoms with Crippen molar-refractivity contribution in [3.63, 3.8) is 0 Å². The molecule has 0 fully saturated rings. The zero-order chi connectivity index (χ0) is 32.6. The maximum atomic E-state index is 15.0. The van der Waals surface area contributed by atoms with Crippen LogP contribution < -0.4 is 0 Å². The molecule has 2 heterocycles. The van der Waals surface area contributed by atoms with Gasteiger partial charge in [0.1, 0.15) is 0 Å². The van der Waals surface area contributed by atoms with Crippen molar-refractivity contribution >= 4 is 43.6 Å². The average Bonchev–Trinajstić information content (AvgIpc) is 3.63. The summed E-state index contributed by atoms with van der Waals surface area (Å²) < 4.78 is 90.1. The van der Waals surface area contributed by atoms with Gasteiger partial charge in [0, 0.05) is 43.7 Å². The van der Waals surface area contributed by atoms with Crippen molar-refractivity contribution in [3.05, 3.63) is 145 Å². The number of fused-ring (bicyclic) bond motifs is 6. The summed E-state index contributed by atoms with van der Waals surface area (Å²) in [4.78, 5) is 6.68. The Balaban J connectivity index is 1.25. The molecule has 0 bridgehead atoms. The fourth-order valence-electron chi connectivity index (χ4n) is 7.01. The maximum absolute atomic E-state index is 15.0. The molecule has 8 rings (SSSR count). The van der Waals surface area contributed by atoms with E-state index in [4.69, 9.17) is 0 Å². The van der Waals surface area contributed by atoms with Crippen LogP contribution in [0.3, 0.4) is 0 Å². The van der Waals surface area contributed by atoms with E-state index < -0.39 is 28.9 Å². The molecule has 0 saturated carbocycles. The van der Waals surface area contributed by atoms with E-state index in [1.807, 2.05) is 72.8 Å². The van der Waals surface area contributed by atoms with Gasteiger partial charge < -0.3 is 9.97 Å². The largest absolute Gasteiger partial charge is 0.411 e. The standard InChI is InChI=1S/C39H24F6N2/c40-38(41,42)37(39(43,44)45,25-19-15-23(16-20-25)27-9-5-11-31-29-7-1-3-13-33(29)46-35(27)31)26-21-17-24(18-22-26)28-10-6-12-32-30-8-2-4-14-34(30)47-36(28)32/h1-22,46-47H. The van der Waals surface area contributed by atoms with Gasteiger partial charge in [0.15, 0.2) is 0 Å². The highest BCUT2D eigenvalue weighted by molar-refractivity contribution is 6.12. The van der Waals surface area contributed by atoms with Crippen LogP contribution in [0.5, 0.6) is 0 Å². The van der Waals surface area contributed by atoms with Gasteiger partial charge in [-0.25, -0.2) is 0 Å². The highest BCUT2D eigenvalue weighted by atomic mass is 19.4. The Labute approximate surface area is 264 Å². The molecular weight excluding hydrogens is 610 g/mol. The van der Waals surface area contributed by atoms with Crippen LogP contribution in [0.4, 0.5) is 26.3 Å². The van der Waals surface area contributed by atoms with Gasteiger partial charge in [0.25, 0.3) is 0 Å². The first kappa shape index (κ1) is 28.9. The first-order valence-electron chi connectivity index (χ1n) is 14.9. The summed E-state index contributed by atoms with van der Waals surface area (Å²) in [5.74, 6) is 0. The molecule has 0 unspecified atom stereocenters. The van der Waals surface area contributed by atoms with Gasteiger partial charge in [-0.3, -0.25) is 0 Å². The predicted molar refractivity (Wildman–Crippen MR) is 175 cm³/mol. The Morgan fingerprint density at radius 1 is 0.362 bits per heavy atom. The van der Waals surface area contributed by atoms with E-state index in [-0.39, 0.29) is 0 Å². The van der Waals surface area contributed by atoms with Crippen LogP contribution in [0.2, 0.25) is 0 Å². The predicted octanol–water partition coefficient (Wildman–Crippen LogP) is 11.7. The molecule has 6 aromatic carbocycles. The molecule has 2 aromatic heterocycles. The first-order chi connectivity index (χ1) is 22.6. The number of benzene rings is 6. The van der Waals surface area contributed by atoms with Crippen molar-refractivity contribution in [1.29, 1.82) is 0 Å². The van der Waals surface area contributed by atoms with E-state index in [2.05, 4.69) is 9.97 Å². The lowest BCUT2D eigenvalue weighted by Crippen LogP contribution is -2.54. The molecule has 0 radical (unpaired) electrons. The summed E-state index contributed by atoms with van der Waals surface area (Å²) in [5.41, 5.74) is -0.483. The third-order valence-corrected chi connectivity index (χ3v) is 9.19. The number of nitrogens with one attached hydrogen (secondary N) is 2. The van der Waals surface area contributed by atoms with E-state index in [1.54, 1.807) is 12.1 Å². The van der Waals surface area contributed by atoms with Crippen LogP contribution in [-0.2, 0) is 5.41 Å². The second-order valence-corrected chi connectivity index (χ2v) is 11.7. The number of hydrogen-bond acceptors (Lipinski definition) is 0. The lowest BCUT2D eigenvalue weighted by molar-refractivity contribution is -0.288. The number of para-hydroxylation sites is 4. The third kappa shape index (κ3) is 4.28. The summed E-state index contributed by atoms with van der Waals surface area (Å²) >= 11 is 0. The lowest BCUT2D eigenvalue weighted by atomic mass is 9.72. The topological polar surface area (TPSA) is 31.6 Å². The highest BCUT2D eigenvalue weighted by Gasteiger charge is 2.72. The van der Waals surface area contributed by atoms with Crippen molar-refractivity contribution < 1.29 is 26.3 Å². The summed E-state index contributed by atoms with van der Waals surface area (Å²) in [5, 5.41) is 3.76. The van der Waals surface area contributed by atoms with Gasteiger partial charge >= 0.3 is 12.4 Å². The molecule has 0 atom stereocenters. The summed E-state index contributed by atoms with van der Waals surface area (Å²) in [6, 6.07) is 35.4. The smallest absolute Gasteiger partial charge is 0.354 e. The summed E-state index contributed by atoms with van der Waals surface area (Å²) in [6.07, 6.45) is -11.4. The molecule has 232 valence electrons. The van der Waals surface area contributed by atoms with E-state index in [1.165, 1.54) is 24.3 Å². The van der Waals surface area contributed by atoms with Gasteiger partial charge in [-0.05, 0) is 34.4 Å². The molecule has 0 saturated heterocycles. The quantitative estimate of drug-likeness (QED) is 0.181. The second kappa shape index (κ2) is 10.3. The second-order valence-electron chi connectivity index (χ2n) is 11.7. The van der Waals surface area contributed by atoms with Gasteiger partial charge in [0.05, 0.1) is 11.0 Å². The molecule has 0 amide bonds. The molecule has 0 spiro atoms. The number of halogens is 6. The number of aromatic amines is 2. The van der Waals surface area contributed by atoms with Gasteiger partial charge in [-0.15, -0.1) is 0 Å². The number of alkyl halides is 6. The van der Waals surface area contributed by atoms with E-state index in [0.717, 1.165) is 67.9 Å².